The summed E-state index contributed by atoms with van der Waals surface area (Å²) in [4.78, 5) is 17.4. The summed E-state index contributed by atoms with van der Waals surface area (Å²) < 4.78 is 13.2. The smallest absolute Gasteiger partial charge is 0.326 e. The third-order valence-corrected chi connectivity index (χ3v) is 5.65. The van der Waals surface area contributed by atoms with Gasteiger partial charge in [0.25, 0.3) is 5.17 Å². The summed E-state index contributed by atoms with van der Waals surface area (Å²) in [5, 5.41) is 0.512. The van der Waals surface area contributed by atoms with Gasteiger partial charge in [0.1, 0.15) is 6.61 Å². The van der Waals surface area contributed by atoms with E-state index in [0.717, 1.165) is 42.5 Å². The van der Waals surface area contributed by atoms with Gasteiger partial charge >= 0.3 is 5.69 Å². The van der Waals surface area contributed by atoms with Crippen LogP contribution in [0.3, 0.4) is 0 Å². The summed E-state index contributed by atoms with van der Waals surface area (Å²) in [5.41, 5.74) is 2.95. The predicted octanol–water partition coefficient (Wildman–Crippen LogP) is 3.48. The number of thiocarbonyl (C=S) groups is 1. The molecule has 6 nitrogen and oxygen atoms in total. The Kier molecular flexibility index (Phi) is 6.27. The zero-order valence-electron chi connectivity index (χ0n) is 16.3. The summed E-state index contributed by atoms with van der Waals surface area (Å²) in [6.45, 7) is 3.06. The molecule has 0 bridgehead atoms. The Bertz CT molecular complexity index is 1010. The molecule has 0 spiro atoms. The molecule has 152 valence electrons. The maximum atomic E-state index is 12.4. The van der Waals surface area contributed by atoms with Crippen LogP contribution in [0.1, 0.15) is 24.4 Å². The molecule has 3 aromatic rings. The Hall–Kier alpha value is -2.64. The largest absolute Gasteiger partial charge is 0.468 e. The van der Waals surface area contributed by atoms with Crippen molar-refractivity contribution in [2.75, 3.05) is 26.3 Å². The van der Waals surface area contributed by atoms with Crippen LogP contribution in [0.2, 0.25) is 0 Å². The van der Waals surface area contributed by atoms with E-state index in [2.05, 4.69) is 9.88 Å². The van der Waals surface area contributed by atoms with Gasteiger partial charge < -0.3 is 19.4 Å². The second-order valence-electron chi connectivity index (χ2n) is 7.19. The zero-order valence-corrected chi connectivity index (χ0v) is 17.1. The number of likely N-dealkylation sites (tertiary alicyclic amines) is 1. The number of rotatable bonds is 6. The van der Waals surface area contributed by atoms with E-state index < -0.39 is 0 Å². The summed E-state index contributed by atoms with van der Waals surface area (Å²) in [6.07, 6.45) is 1.71. The van der Waals surface area contributed by atoms with Gasteiger partial charge in [0.05, 0.1) is 24.2 Å². The lowest BCUT2D eigenvalue weighted by Gasteiger charge is -2.33. The van der Waals surface area contributed by atoms with Crippen molar-refractivity contribution in [2.24, 2.45) is 0 Å². The van der Waals surface area contributed by atoms with Crippen LogP contribution in [0.15, 0.2) is 59.4 Å². The van der Waals surface area contributed by atoms with Crippen LogP contribution >= 0.6 is 12.2 Å². The van der Waals surface area contributed by atoms with Crippen molar-refractivity contribution in [1.29, 1.82) is 0 Å². The number of hydrogen-bond donors (Lipinski definition) is 1. The highest BCUT2D eigenvalue weighted by Crippen LogP contribution is 2.25. The van der Waals surface area contributed by atoms with Crippen molar-refractivity contribution in [1.82, 2.24) is 14.5 Å². The molecule has 2 heterocycles. The van der Waals surface area contributed by atoms with Crippen LogP contribution in [0.5, 0.6) is 0 Å². The number of imidazole rings is 1. The van der Waals surface area contributed by atoms with Crippen LogP contribution in [0.4, 0.5) is 0 Å². The molecule has 1 saturated heterocycles. The van der Waals surface area contributed by atoms with E-state index in [1.165, 1.54) is 0 Å². The number of aromatic amines is 1. The minimum Gasteiger partial charge on any atom is -0.468 e. The molecule has 0 saturated carbocycles. The number of para-hydroxylation sites is 2. The van der Waals surface area contributed by atoms with Crippen molar-refractivity contribution in [2.45, 2.75) is 25.5 Å². The first-order chi connectivity index (χ1) is 14.2. The number of nitrogens with one attached hydrogen (secondary N) is 1. The van der Waals surface area contributed by atoms with Crippen molar-refractivity contribution < 1.29 is 9.47 Å². The topological polar surface area (TPSA) is 59.5 Å². The SMILES string of the molecule is O=c1[nH]c2ccccc2n1C1CCN(C(=S)OCCOCc2ccccc2)CC1. The Balaban J connectivity index is 1.22. The van der Waals surface area contributed by atoms with Crippen LogP contribution in [-0.2, 0) is 16.1 Å². The van der Waals surface area contributed by atoms with Crippen molar-refractivity contribution in [3.05, 3.63) is 70.6 Å². The summed E-state index contributed by atoms with van der Waals surface area (Å²) in [7, 11) is 0. The summed E-state index contributed by atoms with van der Waals surface area (Å²) in [6, 6.07) is 18.1. The van der Waals surface area contributed by atoms with Gasteiger partial charge in [0.2, 0.25) is 0 Å². The van der Waals surface area contributed by atoms with Gasteiger partial charge in [-0.25, -0.2) is 4.79 Å². The molecule has 0 radical (unpaired) electrons. The number of piperidine rings is 1. The van der Waals surface area contributed by atoms with E-state index in [4.69, 9.17) is 21.7 Å². The van der Waals surface area contributed by atoms with E-state index in [1.54, 1.807) is 0 Å². The summed E-state index contributed by atoms with van der Waals surface area (Å²) >= 11 is 5.43. The molecule has 2 aromatic carbocycles. The van der Waals surface area contributed by atoms with Gasteiger partial charge in [-0.2, -0.15) is 0 Å². The Morgan fingerprint density at radius 2 is 1.76 bits per heavy atom. The maximum Gasteiger partial charge on any atom is 0.326 e. The average Bonchev–Trinajstić information content (AvgIpc) is 3.10. The number of fused-ring (bicyclic) bond motifs is 1. The number of hydrogen-bond acceptors (Lipinski definition) is 4. The van der Waals surface area contributed by atoms with Gasteiger partial charge in [-0.1, -0.05) is 42.5 Å². The maximum absolute atomic E-state index is 12.4. The standard InChI is InChI=1S/C22H25N3O3S/c26-21-23-19-8-4-5-9-20(19)25(21)18-10-12-24(13-11-18)22(29)28-15-14-27-16-17-6-2-1-3-7-17/h1-9,18H,10-16H2,(H,23,26). The number of H-pyrrole nitrogens is 1. The number of nitrogens with zero attached hydrogens (tertiary/aromatic N) is 2. The third-order valence-electron chi connectivity index (χ3n) is 5.28. The highest BCUT2D eigenvalue weighted by molar-refractivity contribution is 7.80. The van der Waals surface area contributed by atoms with Gasteiger partial charge in [-0.3, -0.25) is 4.57 Å². The molecule has 0 aliphatic carbocycles. The molecule has 1 aliphatic heterocycles. The second kappa shape index (κ2) is 9.24. The predicted molar refractivity (Wildman–Crippen MR) is 117 cm³/mol. The molecule has 29 heavy (non-hydrogen) atoms. The molecule has 1 aliphatic rings. The number of benzene rings is 2. The fourth-order valence-electron chi connectivity index (χ4n) is 3.79. The molecule has 1 N–H and O–H groups in total. The quantitative estimate of drug-likeness (QED) is 0.497. The number of aromatic nitrogens is 2. The highest BCUT2D eigenvalue weighted by atomic mass is 32.1. The second-order valence-corrected chi connectivity index (χ2v) is 7.54. The molecular formula is C22H25N3O3S. The lowest BCUT2D eigenvalue weighted by molar-refractivity contribution is 0.0781. The fourth-order valence-corrected chi connectivity index (χ4v) is 4.05. The van der Waals surface area contributed by atoms with Crippen LogP contribution in [0.25, 0.3) is 11.0 Å². The van der Waals surface area contributed by atoms with Gasteiger partial charge in [-0.15, -0.1) is 0 Å². The highest BCUT2D eigenvalue weighted by Gasteiger charge is 2.25. The van der Waals surface area contributed by atoms with E-state index in [9.17, 15) is 4.79 Å². The molecule has 0 atom stereocenters. The molecule has 7 heteroatoms. The van der Waals surface area contributed by atoms with Crippen LogP contribution in [0, 0.1) is 0 Å². The normalized spacial score (nSPS) is 15.0. The fraction of sp³-hybridized carbons (Fsp3) is 0.364. The Labute approximate surface area is 175 Å². The van der Waals surface area contributed by atoms with E-state index in [0.29, 0.717) is 25.0 Å². The molecule has 1 fully saturated rings. The van der Waals surface area contributed by atoms with Gasteiger partial charge in [-0.05, 0) is 42.8 Å². The Morgan fingerprint density at radius 1 is 1.03 bits per heavy atom. The minimum absolute atomic E-state index is 0.0426. The van der Waals surface area contributed by atoms with Crippen molar-refractivity contribution in [3.8, 4) is 0 Å². The lowest BCUT2D eigenvalue weighted by atomic mass is 10.1. The van der Waals surface area contributed by atoms with Crippen molar-refractivity contribution in [3.63, 3.8) is 0 Å². The monoisotopic (exact) mass is 411 g/mol. The Morgan fingerprint density at radius 3 is 2.55 bits per heavy atom. The van der Waals surface area contributed by atoms with Gasteiger partial charge in [0, 0.05) is 19.1 Å². The van der Waals surface area contributed by atoms with Crippen LogP contribution < -0.4 is 5.69 Å². The molecule has 1 aromatic heterocycles. The van der Waals surface area contributed by atoms with Crippen molar-refractivity contribution >= 4 is 28.4 Å². The molecule has 0 amide bonds. The first-order valence-electron chi connectivity index (χ1n) is 9.95. The van der Waals surface area contributed by atoms with Crippen LogP contribution in [-0.4, -0.2) is 45.9 Å². The average molecular weight is 412 g/mol. The lowest BCUT2D eigenvalue weighted by Crippen LogP contribution is -2.40. The van der Waals surface area contributed by atoms with E-state index in [1.807, 2.05) is 59.2 Å². The molecular weight excluding hydrogens is 386 g/mol. The first kappa shape index (κ1) is 19.7. The summed E-state index contributed by atoms with van der Waals surface area (Å²) in [5.74, 6) is 0. The minimum atomic E-state index is -0.0426. The molecule has 0 unspecified atom stereocenters. The zero-order chi connectivity index (χ0) is 20.1. The molecule has 4 rings (SSSR count). The van der Waals surface area contributed by atoms with E-state index in [-0.39, 0.29) is 11.7 Å². The van der Waals surface area contributed by atoms with Gasteiger partial charge in [0.15, 0.2) is 0 Å². The van der Waals surface area contributed by atoms with E-state index >= 15 is 0 Å². The third kappa shape index (κ3) is 4.68. The number of ether oxygens (including phenoxy) is 2. The first-order valence-corrected chi connectivity index (χ1v) is 10.4.